The molecule has 138 valence electrons. The topological polar surface area (TPSA) is 92.8 Å². The van der Waals surface area contributed by atoms with Crippen LogP contribution in [0.25, 0.3) is 0 Å². The van der Waals surface area contributed by atoms with Crippen molar-refractivity contribution in [2.75, 3.05) is 25.2 Å². The molecule has 7 nitrogen and oxygen atoms in total. The van der Waals surface area contributed by atoms with E-state index < -0.39 is 15.7 Å². The molecule has 0 saturated carbocycles. The van der Waals surface area contributed by atoms with E-state index in [0.717, 1.165) is 5.56 Å². The number of carbonyl (C=O) groups excluding carboxylic acids is 2. The third-order valence-corrected chi connectivity index (χ3v) is 6.04. The smallest absolute Gasteiger partial charge is 0.232 e. The summed E-state index contributed by atoms with van der Waals surface area (Å²) < 4.78 is 28.4. The molecule has 2 amide bonds. The lowest BCUT2D eigenvalue weighted by Crippen LogP contribution is -2.43. The highest BCUT2D eigenvalue weighted by Crippen LogP contribution is 2.19. The number of amides is 2. The van der Waals surface area contributed by atoms with Crippen molar-refractivity contribution in [3.63, 3.8) is 0 Å². The first-order valence-electron chi connectivity index (χ1n) is 8.24. The number of sulfone groups is 1. The summed E-state index contributed by atoms with van der Waals surface area (Å²) in [5.74, 6) is 0.00874. The van der Waals surface area contributed by atoms with Crippen LogP contribution >= 0.6 is 0 Å². The number of nitrogens with one attached hydrogen (secondary N) is 1. The van der Waals surface area contributed by atoms with Gasteiger partial charge >= 0.3 is 0 Å². The molecule has 1 N–H and O–H groups in total. The van der Waals surface area contributed by atoms with Crippen LogP contribution in [0.5, 0.6) is 5.75 Å². The average Bonchev–Trinajstić information content (AvgIpc) is 2.93. The molecule has 1 saturated heterocycles. The highest BCUT2D eigenvalue weighted by Gasteiger charge is 2.34. The molecule has 8 heteroatoms. The minimum atomic E-state index is -3.07. The van der Waals surface area contributed by atoms with Gasteiger partial charge in [-0.2, -0.15) is 0 Å². The SMILES string of the molecule is CCN(C(=O)CC(=O)NCc1ccccc1OC)C1CCS(=O)(=O)C1. The van der Waals surface area contributed by atoms with Crippen LogP contribution in [-0.2, 0) is 26.0 Å². The predicted molar refractivity (Wildman–Crippen MR) is 93.9 cm³/mol. The van der Waals surface area contributed by atoms with Gasteiger partial charge in [0.15, 0.2) is 9.84 Å². The fourth-order valence-electron chi connectivity index (χ4n) is 3.00. The van der Waals surface area contributed by atoms with Crippen molar-refractivity contribution >= 4 is 21.7 Å². The molecule has 2 rings (SSSR count). The number of nitrogens with zero attached hydrogens (tertiary/aromatic N) is 1. The molecule has 1 aliphatic rings. The van der Waals surface area contributed by atoms with Gasteiger partial charge in [0.1, 0.15) is 12.2 Å². The van der Waals surface area contributed by atoms with E-state index in [0.29, 0.717) is 18.7 Å². The van der Waals surface area contributed by atoms with Crippen molar-refractivity contribution in [1.29, 1.82) is 0 Å². The molecule has 0 aromatic heterocycles. The number of rotatable bonds is 7. The first-order chi connectivity index (χ1) is 11.9. The molecule has 1 atom stereocenters. The monoisotopic (exact) mass is 368 g/mol. The zero-order valence-corrected chi connectivity index (χ0v) is 15.3. The van der Waals surface area contributed by atoms with Crippen molar-refractivity contribution in [1.82, 2.24) is 10.2 Å². The van der Waals surface area contributed by atoms with E-state index in [2.05, 4.69) is 5.32 Å². The van der Waals surface area contributed by atoms with Crippen LogP contribution in [0.4, 0.5) is 0 Å². The van der Waals surface area contributed by atoms with Gasteiger partial charge in [-0.1, -0.05) is 18.2 Å². The molecule has 0 spiro atoms. The van der Waals surface area contributed by atoms with Gasteiger partial charge in [-0.25, -0.2) is 8.42 Å². The first kappa shape index (κ1) is 19.2. The number of carbonyl (C=O) groups is 2. The summed E-state index contributed by atoms with van der Waals surface area (Å²) in [5, 5.41) is 2.71. The Balaban J connectivity index is 1.89. The van der Waals surface area contributed by atoms with Crippen LogP contribution in [-0.4, -0.2) is 56.3 Å². The van der Waals surface area contributed by atoms with Gasteiger partial charge in [0, 0.05) is 24.7 Å². The summed E-state index contributed by atoms with van der Waals surface area (Å²) >= 11 is 0. The summed E-state index contributed by atoms with van der Waals surface area (Å²) in [6, 6.07) is 6.98. The average molecular weight is 368 g/mol. The Labute approximate surface area is 148 Å². The summed E-state index contributed by atoms with van der Waals surface area (Å²) in [7, 11) is -1.52. The largest absolute Gasteiger partial charge is 0.496 e. The van der Waals surface area contributed by atoms with Gasteiger partial charge in [-0.15, -0.1) is 0 Å². The van der Waals surface area contributed by atoms with Gasteiger partial charge in [0.05, 0.1) is 18.6 Å². The van der Waals surface area contributed by atoms with E-state index in [1.165, 1.54) is 4.90 Å². The predicted octanol–water partition coefficient (Wildman–Crippen LogP) is 0.737. The number of hydrogen-bond acceptors (Lipinski definition) is 5. The van der Waals surface area contributed by atoms with Crippen LogP contribution in [0.2, 0.25) is 0 Å². The molecular formula is C17H24N2O5S. The van der Waals surface area contributed by atoms with Gasteiger partial charge in [0.25, 0.3) is 0 Å². The molecule has 25 heavy (non-hydrogen) atoms. The lowest BCUT2D eigenvalue weighted by molar-refractivity contribution is -0.137. The lowest BCUT2D eigenvalue weighted by Gasteiger charge is -2.26. The quantitative estimate of drug-likeness (QED) is 0.717. The van der Waals surface area contributed by atoms with Crippen LogP contribution in [0.15, 0.2) is 24.3 Å². The summed E-state index contributed by atoms with van der Waals surface area (Å²) in [6.45, 7) is 2.44. The Morgan fingerprint density at radius 1 is 1.32 bits per heavy atom. The van der Waals surface area contributed by atoms with Gasteiger partial charge in [0.2, 0.25) is 11.8 Å². The van der Waals surface area contributed by atoms with E-state index in [9.17, 15) is 18.0 Å². The van der Waals surface area contributed by atoms with Gasteiger partial charge < -0.3 is 15.0 Å². The maximum absolute atomic E-state index is 12.4. The van der Waals surface area contributed by atoms with Crippen molar-refractivity contribution < 1.29 is 22.7 Å². The fourth-order valence-corrected chi connectivity index (χ4v) is 4.73. The van der Waals surface area contributed by atoms with Crippen LogP contribution in [0, 0.1) is 0 Å². The third kappa shape index (κ3) is 5.19. The Morgan fingerprint density at radius 2 is 2.04 bits per heavy atom. The maximum Gasteiger partial charge on any atom is 0.232 e. The number of para-hydroxylation sites is 1. The van der Waals surface area contributed by atoms with Crippen molar-refractivity contribution in [3.05, 3.63) is 29.8 Å². The molecule has 1 heterocycles. The molecular weight excluding hydrogens is 344 g/mol. The molecule has 1 fully saturated rings. The third-order valence-electron chi connectivity index (χ3n) is 4.29. The molecule has 1 unspecified atom stereocenters. The highest BCUT2D eigenvalue weighted by atomic mass is 32.2. The summed E-state index contributed by atoms with van der Waals surface area (Å²) in [5.41, 5.74) is 0.819. The van der Waals surface area contributed by atoms with E-state index in [4.69, 9.17) is 4.74 Å². The Kier molecular flexibility index (Phi) is 6.41. The van der Waals surface area contributed by atoms with E-state index >= 15 is 0 Å². The highest BCUT2D eigenvalue weighted by molar-refractivity contribution is 7.91. The first-order valence-corrected chi connectivity index (χ1v) is 10.1. The number of methoxy groups -OCH3 is 1. The van der Waals surface area contributed by atoms with Crippen molar-refractivity contribution in [2.45, 2.75) is 32.4 Å². The Hall–Kier alpha value is -2.09. The fraction of sp³-hybridized carbons (Fsp3) is 0.529. The molecule has 1 aromatic carbocycles. The number of ether oxygens (including phenoxy) is 1. The van der Waals surface area contributed by atoms with Crippen molar-refractivity contribution in [2.24, 2.45) is 0 Å². The molecule has 1 aliphatic heterocycles. The van der Waals surface area contributed by atoms with Crippen LogP contribution in [0.1, 0.15) is 25.3 Å². The maximum atomic E-state index is 12.4. The minimum absolute atomic E-state index is 0.0184. The molecule has 0 bridgehead atoms. The van der Waals surface area contributed by atoms with E-state index in [1.54, 1.807) is 20.1 Å². The zero-order chi connectivity index (χ0) is 18.4. The second kappa shape index (κ2) is 8.33. The second-order valence-electron chi connectivity index (χ2n) is 6.00. The lowest BCUT2D eigenvalue weighted by atomic mass is 10.2. The molecule has 0 aliphatic carbocycles. The van der Waals surface area contributed by atoms with E-state index in [1.807, 2.05) is 18.2 Å². The minimum Gasteiger partial charge on any atom is -0.496 e. The zero-order valence-electron chi connectivity index (χ0n) is 14.5. The summed E-state index contributed by atoms with van der Waals surface area (Å²) in [6.07, 6.45) is 0.143. The van der Waals surface area contributed by atoms with Crippen molar-refractivity contribution in [3.8, 4) is 5.75 Å². The molecule has 0 radical (unpaired) electrons. The van der Waals surface area contributed by atoms with Crippen LogP contribution < -0.4 is 10.1 Å². The normalized spacial score (nSPS) is 18.6. The Bertz CT molecular complexity index is 732. The summed E-state index contributed by atoms with van der Waals surface area (Å²) in [4.78, 5) is 25.9. The number of benzene rings is 1. The standard InChI is InChI=1S/C17H24N2O5S/c1-3-19(14-8-9-25(22,23)12-14)17(21)10-16(20)18-11-13-6-4-5-7-15(13)24-2/h4-7,14H,3,8-12H2,1-2H3,(H,18,20). The van der Waals surface area contributed by atoms with Gasteiger partial charge in [-0.05, 0) is 19.4 Å². The second-order valence-corrected chi connectivity index (χ2v) is 8.23. The Morgan fingerprint density at radius 3 is 2.64 bits per heavy atom. The molecule has 1 aromatic rings. The van der Waals surface area contributed by atoms with Crippen LogP contribution in [0.3, 0.4) is 0 Å². The van der Waals surface area contributed by atoms with E-state index in [-0.39, 0.29) is 36.4 Å². The van der Waals surface area contributed by atoms with Gasteiger partial charge in [-0.3, -0.25) is 9.59 Å². The number of hydrogen-bond donors (Lipinski definition) is 1.